The number of benzene rings is 2. The Balaban J connectivity index is 1.63. The highest BCUT2D eigenvalue weighted by atomic mass is 32.2. The third-order valence-corrected chi connectivity index (χ3v) is 4.87. The first-order valence-electron chi connectivity index (χ1n) is 8.11. The standard InChI is InChI=1S/C19H19N3O3S/c1-12-7-9-13(10-8-12)20-17(23)11-16-18(24)22-19(26-16)21-14-5-3-4-6-15(14)25-2/h3-10,16H,11H2,1-2H3,(H,20,23)(H,21,22,24)/t16-/m0/s1. The normalized spacial score (nSPS) is 17.8. The number of aliphatic imine (C=N–C) groups is 1. The molecule has 0 saturated carbocycles. The van der Waals surface area contributed by atoms with Crippen molar-refractivity contribution in [3.8, 4) is 5.75 Å². The molecule has 2 amide bonds. The van der Waals surface area contributed by atoms with Gasteiger partial charge in [0.05, 0.1) is 7.11 Å². The number of amidine groups is 1. The number of hydrogen-bond acceptors (Lipinski definition) is 5. The lowest BCUT2D eigenvalue weighted by molar-refractivity contribution is -0.122. The lowest BCUT2D eigenvalue weighted by atomic mass is 10.2. The van der Waals surface area contributed by atoms with Crippen LogP contribution in [0.3, 0.4) is 0 Å². The molecule has 1 aliphatic rings. The van der Waals surface area contributed by atoms with E-state index < -0.39 is 5.25 Å². The summed E-state index contributed by atoms with van der Waals surface area (Å²) in [7, 11) is 1.57. The fraction of sp³-hybridized carbons (Fsp3) is 0.211. The largest absolute Gasteiger partial charge is 0.494 e. The number of ether oxygens (including phenoxy) is 1. The second-order valence-electron chi connectivity index (χ2n) is 5.80. The van der Waals surface area contributed by atoms with Crippen molar-refractivity contribution in [3.63, 3.8) is 0 Å². The summed E-state index contributed by atoms with van der Waals surface area (Å²) in [6.45, 7) is 1.98. The number of rotatable bonds is 5. The number of hydrogen-bond donors (Lipinski definition) is 2. The maximum absolute atomic E-state index is 12.2. The Morgan fingerprint density at radius 2 is 1.96 bits per heavy atom. The molecule has 6 nitrogen and oxygen atoms in total. The van der Waals surface area contributed by atoms with Crippen molar-refractivity contribution >= 4 is 40.1 Å². The van der Waals surface area contributed by atoms with Gasteiger partial charge < -0.3 is 15.4 Å². The summed E-state index contributed by atoms with van der Waals surface area (Å²) in [4.78, 5) is 28.8. The molecule has 0 unspecified atom stereocenters. The van der Waals surface area contributed by atoms with Crippen LogP contribution in [0.2, 0.25) is 0 Å². The van der Waals surface area contributed by atoms with E-state index in [2.05, 4.69) is 15.6 Å². The van der Waals surface area contributed by atoms with Crippen molar-refractivity contribution in [1.82, 2.24) is 5.32 Å². The van der Waals surface area contributed by atoms with Crippen molar-refractivity contribution in [2.24, 2.45) is 4.99 Å². The van der Waals surface area contributed by atoms with Crippen LogP contribution in [0, 0.1) is 6.92 Å². The number of anilines is 1. The van der Waals surface area contributed by atoms with Crippen LogP contribution in [0.25, 0.3) is 0 Å². The van der Waals surface area contributed by atoms with Gasteiger partial charge in [0.2, 0.25) is 11.8 Å². The molecule has 0 aromatic heterocycles. The molecule has 1 heterocycles. The molecule has 0 bridgehead atoms. The third-order valence-electron chi connectivity index (χ3n) is 3.79. The molecule has 2 N–H and O–H groups in total. The first kappa shape index (κ1) is 18.0. The van der Waals surface area contributed by atoms with Crippen molar-refractivity contribution in [3.05, 3.63) is 54.1 Å². The van der Waals surface area contributed by atoms with E-state index in [-0.39, 0.29) is 18.2 Å². The highest BCUT2D eigenvalue weighted by Crippen LogP contribution is 2.30. The molecule has 134 valence electrons. The summed E-state index contributed by atoms with van der Waals surface area (Å²) in [5.41, 5.74) is 2.46. The molecule has 7 heteroatoms. The van der Waals surface area contributed by atoms with Crippen molar-refractivity contribution in [2.45, 2.75) is 18.6 Å². The lowest BCUT2D eigenvalue weighted by Crippen LogP contribution is -2.28. The van der Waals surface area contributed by atoms with Crippen LogP contribution < -0.4 is 15.4 Å². The summed E-state index contributed by atoms with van der Waals surface area (Å²) in [5.74, 6) is 0.193. The van der Waals surface area contributed by atoms with Crippen LogP contribution in [-0.4, -0.2) is 29.3 Å². The second-order valence-corrected chi connectivity index (χ2v) is 6.99. The quantitative estimate of drug-likeness (QED) is 0.848. The summed E-state index contributed by atoms with van der Waals surface area (Å²) < 4.78 is 5.26. The summed E-state index contributed by atoms with van der Waals surface area (Å²) in [6, 6.07) is 14.8. The minimum Gasteiger partial charge on any atom is -0.494 e. The molecule has 0 radical (unpaired) electrons. The van der Waals surface area contributed by atoms with E-state index in [1.807, 2.05) is 43.3 Å². The Morgan fingerprint density at radius 1 is 1.23 bits per heavy atom. The molecule has 2 aromatic carbocycles. The van der Waals surface area contributed by atoms with Gasteiger partial charge in [-0.1, -0.05) is 41.6 Å². The van der Waals surface area contributed by atoms with Crippen LogP contribution in [0.5, 0.6) is 5.75 Å². The van der Waals surface area contributed by atoms with Gasteiger partial charge in [-0.05, 0) is 31.2 Å². The van der Waals surface area contributed by atoms with Gasteiger partial charge in [-0.25, -0.2) is 4.99 Å². The van der Waals surface area contributed by atoms with E-state index in [1.54, 1.807) is 19.2 Å². The molecule has 1 atom stereocenters. The highest BCUT2D eigenvalue weighted by Gasteiger charge is 2.32. The third kappa shape index (κ3) is 4.43. The zero-order valence-electron chi connectivity index (χ0n) is 14.5. The van der Waals surface area contributed by atoms with Gasteiger partial charge in [-0.3, -0.25) is 9.59 Å². The maximum atomic E-state index is 12.2. The molecule has 1 saturated heterocycles. The number of carbonyl (C=O) groups excluding carboxylic acids is 2. The van der Waals surface area contributed by atoms with Gasteiger partial charge in [0, 0.05) is 12.1 Å². The average Bonchev–Trinajstić information content (AvgIpc) is 2.96. The van der Waals surface area contributed by atoms with Gasteiger partial charge >= 0.3 is 0 Å². The minimum atomic E-state index is -0.506. The molecular weight excluding hydrogens is 350 g/mol. The van der Waals surface area contributed by atoms with E-state index in [0.29, 0.717) is 22.3 Å². The Bertz CT molecular complexity index is 849. The van der Waals surface area contributed by atoms with Crippen LogP contribution in [-0.2, 0) is 9.59 Å². The first-order chi connectivity index (χ1) is 12.5. The topological polar surface area (TPSA) is 79.8 Å². The van der Waals surface area contributed by atoms with Crippen molar-refractivity contribution in [2.75, 3.05) is 12.4 Å². The highest BCUT2D eigenvalue weighted by molar-refractivity contribution is 8.15. The SMILES string of the molecule is COc1ccccc1N=C1NC(=O)[C@H](CC(=O)Nc2ccc(C)cc2)S1. The van der Waals surface area contributed by atoms with E-state index in [9.17, 15) is 9.59 Å². The van der Waals surface area contributed by atoms with Crippen LogP contribution in [0.4, 0.5) is 11.4 Å². The Kier molecular flexibility index (Phi) is 5.58. The van der Waals surface area contributed by atoms with Crippen LogP contribution in [0.1, 0.15) is 12.0 Å². The molecule has 1 fully saturated rings. The van der Waals surface area contributed by atoms with Crippen molar-refractivity contribution in [1.29, 1.82) is 0 Å². The number of nitrogens with one attached hydrogen (secondary N) is 2. The zero-order valence-corrected chi connectivity index (χ0v) is 15.3. The molecule has 0 aliphatic carbocycles. The van der Waals surface area contributed by atoms with Gasteiger partial charge in [0.25, 0.3) is 0 Å². The van der Waals surface area contributed by atoms with Gasteiger partial charge in [0.15, 0.2) is 5.17 Å². The lowest BCUT2D eigenvalue weighted by Gasteiger charge is -2.07. The monoisotopic (exact) mass is 369 g/mol. The number of methoxy groups -OCH3 is 1. The second kappa shape index (κ2) is 8.05. The van der Waals surface area contributed by atoms with E-state index in [1.165, 1.54) is 11.8 Å². The summed E-state index contributed by atoms with van der Waals surface area (Å²) in [6.07, 6.45) is 0.0787. The molecule has 2 aromatic rings. The minimum absolute atomic E-state index is 0.0787. The molecular formula is C19H19N3O3S. The number of aryl methyl sites for hydroxylation is 1. The Labute approximate surface area is 156 Å². The summed E-state index contributed by atoms with van der Waals surface area (Å²) >= 11 is 1.25. The maximum Gasteiger partial charge on any atom is 0.240 e. The number of nitrogens with zero attached hydrogens (tertiary/aromatic N) is 1. The van der Waals surface area contributed by atoms with Gasteiger partial charge in [0.1, 0.15) is 16.7 Å². The Morgan fingerprint density at radius 3 is 2.69 bits per heavy atom. The number of amides is 2. The van der Waals surface area contributed by atoms with Crippen LogP contribution >= 0.6 is 11.8 Å². The molecule has 0 spiro atoms. The fourth-order valence-corrected chi connectivity index (χ4v) is 3.42. The first-order valence-corrected chi connectivity index (χ1v) is 8.99. The van der Waals surface area contributed by atoms with Gasteiger partial charge in [-0.2, -0.15) is 0 Å². The Hall–Kier alpha value is -2.80. The van der Waals surface area contributed by atoms with Crippen LogP contribution in [0.15, 0.2) is 53.5 Å². The average molecular weight is 369 g/mol. The predicted molar refractivity (Wildman–Crippen MR) is 104 cm³/mol. The number of para-hydroxylation sites is 2. The molecule has 26 heavy (non-hydrogen) atoms. The van der Waals surface area contributed by atoms with Gasteiger partial charge in [-0.15, -0.1) is 0 Å². The number of carbonyl (C=O) groups is 2. The van der Waals surface area contributed by atoms with E-state index in [0.717, 1.165) is 5.56 Å². The fourth-order valence-electron chi connectivity index (χ4n) is 2.44. The number of thioether (sulfide) groups is 1. The summed E-state index contributed by atoms with van der Waals surface area (Å²) in [5, 5.41) is 5.49. The zero-order chi connectivity index (χ0) is 18.5. The van der Waals surface area contributed by atoms with E-state index >= 15 is 0 Å². The van der Waals surface area contributed by atoms with Crippen molar-refractivity contribution < 1.29 is 14.3 Å². The predicted octanol–water partition coefficient (Wildman–Crippen LogP) is 3.25. The smallest absolute Gasteiger partial charge is 0.240 e. The molecule has 3 rings (SSSR count). The van der Waals surface area contributed by atoms with E-state index in [4.69, 9.17) is 4.74 Å². The molecule has 1 aliphatic heterocycles.